The predicted octanol–water partition coefficient (Wildman–Crippen LogP) is 5.13. The van der Waals surface area contributed by atoms with E-state index in [2.05, 4.69) is 19.2 Å². The van der Waals surface area contributed by atoms with Crippen LogP contribution in [0.3, 0.4) is 0 Å². The third kappa shape index (κ3) is 3.76. The Morgan fingerprint density at radius 1 is 1.21 bits per heavy atom. The van der Waals surface area contributed by atoms with Crippen LogP contribution >= 0.6 is 0 Å². The number of ether oxygens (including phenoxy) is 1. The van der Waals surface area contributed by atoms with Gasteiger partial charge in [0, 0.05) is 12.2 Å². The molecule has 0 heterocycles. The van der Waals surface area contributed by atoms with Gasteiger partial charge in [0.1, 0.15) is 0 Å². The molecule has 2 saturated carbocycles. The number of esters is 1. The van der Waals surface area contributed by atoms with Crippen molar-refractivity contribution in [2.75, 3.05) is 18.5 Å². The number of hydrogen-bond donors (Lipinski definition) is 1. The molecule has 2 aliphatic rings. The number of carbonyl (C=O) groups is 1. The minimum absolute atomic E-state index is 0.243. The Bertz CT molecular complexity index is 564. The first-order chi connectivity index (χ1) is 11.5. The van der Waals surface area contributed by atoms with Crippen molar-refractivity contribution in [2.24, 2.45) is 23.2 Å². The molecule has 0 unspecified atom stereocenters. The van der Waals surface area contributed by atoms with Gasteiger partial charge in [-0.15, -0.1) is 0 Å². The van der Waals surface area contributed by atoms with E-state index >= 15 is 0 Å². The van der Waals surface area contributed by atoms with Crippen LogP contribution < -0.4 is 5.32 Å². The van der Waals surface area contributed by atoms with Gasteiger partial charge in [-0.2, -0.15) is 0 Å². The number of benzene rings is 1. The van der Waals surface area contributed by atoms with Crippen molar-refractivity contribution in [3.8, 4) is 0 Å². The number of nitrogens with one attached hydrogen (secondary N) is 1. The third-order valence-electron chi connectivity index (χ3n) is 6.37. The summed E-state index contributed by atoms with van der Waals surface area (Å²) in [6, 6.07) is 7.67. The summed E-state index contributed by atoms with van der Waals surface area (Å²) in [7, 11) is 0. The van der Waals surface area contributed by atoms with Crippen LogP contribution in [0, 0.1) is 23.2 Å². The second-order valence-corrected chi connectivity index (χ2v) is 8.24. The molecule has 0 aliphatic heterocycles. The SMILES string of the molecule is CCOC(=O)c1ccc(NC[C@H]2CC[C@@H]3C[C@H]2CCC3(C)C)cc1. The molecule has 1 N–H and O–H groups in total. The van der Waals surface area contributed by atoms with Crippen molar-refractivity contribution in [1.29, 1.82) is 0 Å². The maximum Gasteiger partial charge on any atom is 0.338 e. The lowest BCUT2D eigenvalue weighted by atomic mass is 9.57. The van der Waals surface area contributed by atoms with Gasteiger partial charge < -0.3 is 10.1 Å². The Morgan fingerprint density at radius 2 is 1.96 bits per heavy atom. The average molecular weight is 329 g/mol. The minimum atomic E-state index is -0.243. The van der Waals surface area contributed by atoms with Crippen molar-refractivity contribution in [3.63, 3.8) is 0 Å². The van der Waals surface area contributed by atoms with E-state index < -0.39 is 0 Å². The van der Waals surface area contributed by atoms with Crippen molar-refractivity contribution in [2.45, 2.75) is 52.9 Å². The van der Waals surface area contributed by atoms with Crippen molar-refractivity contribution >= 4 is 11.7 Å². The molecule has 2 aliphatic carbocycles. The van der Waals surface area contributed by atoms with Gasteiger partial charge in [-0.05, 0) is 86.5 Å². The molecular weight excluding hydrogens is 298 g/mol. The highest BCUT2D eigenvalue weighted by atomic mass is 16.5. The third-order valence-corrected chi connectivity index (χ3v) is 6.37. The van der Waals surface area contributed by atoms with E-state index in [-0.39, 0.29) is 5.97 Å². The van der Waals surface area contributed by atoms with Crippen LogP contribution in [0.5, 0.6) is 0 Å². The van der Waals surface area contributed by atoms with E-state index in [1.54, 1.807) is 0 Å². The highest BCUT2D eigenvalue weighted by Gasteiger charge is 2.42. The molecule has 0 saturated heterocycles. The summed E-state index contributed by atoms with van der Waals surface area (Å²) >= 11 is 0. The first-order valence-corrected chi connectivity index (χ1v) is 9.50. The van der Waals surface area contributed by atoms with E-state index in [0.29, 0.717) is 17.6 Å². The maximum atomic E-state index is 11.7. The number of rotatable bonds is 5. The molecule has 3 atom stereocenters. The lowest BCUT2D eigenvalue weighted by molar-refractivity contribution is 0.0258. The van der Waals surface area contributed by atoms with E-state index in [4.69, 9.17) is 4.74 Å². The number of anilines is 1. The minimum Gasteiger partial charge on any atom is -0.462 e. The van der Waals surface area contributed by atoms with Gasteiger partial charge >= 0.3 is 5.97 Å². The summed E-state index contributed by atoms with van der Waals surface area (Å²) in [5, 5.41) is 3.58. The summed E-state index contributed by atoms with van der Waals surface area (Å²) in [6.07, 6.45) is 6.93. The largest absolute Gasteiger partial charge is 0.462 e. The first kappa shape index (κ1) is 17.3. The summed E-state index contributed by atoms with van der Waals surface area (Å²) in [6.45, 7) is 8.21. The molecule has 0 spiro atoms. The lowest BCUT2D eigenvalue weighted by Crippen LogP contribution is -2.40. The maximum absolute atomic E-state index is 11.7. The van der Waals surface area contributed by atoms with Gasteiger partial charge in [-0.25, -0.2) is 4.79 Å². The second-order valence-electron chi connectivity index (χ2n) is 8.24. The van der Waals surface area contributed by atoms with Gasteiger partial charge in [0.05, 0.1) is 12.2 Å². The first-order valence-electron chi connectivity index (χ1n) is 9.50. The highest BCUT2D eigenvalue weighted by molar-refractivity contribution is 5.89. The van der Waals surface area contributed by atoms with Crippen molar-refractivity contribution < 1.29 is 9.53 Å². The van der Waals surface area contributed by atoms with E-state index in [9.17, 15) is 4.79 Å². The Kier molecular flexibility index (Phi) is 5.17. The molecule has 1 aromatic rings. The zero-order valence-corrected chi connectivity index (χ0v) is 15.3. The topological polar surface area (TPSA) is 38.3 Å². The van der Waals surface area contributed by atoms with E-state index in [1.807, 2.05) is 31.2 Å². The standard InChI is InChI=1S/C21H31NO2/c1-4-24-20(23)15-6-9-19(10-7-15)22-14-17-5-8-18-13-16(17)11-12-21(18,2)3/h6-7,9-10,16-18,22H,4-5,8,11-14H2,1-3H3/t16-,17-,18-/m1/s1. The Hall–Kier alpha value is -1.51. The predicted molar refractivity (Wildman–Crippen MR) is 98.2 cm³/mol. The molecular formula is C21H31NO2. The smallest absolute Gasteiger partial charge is 0.338 e. The Balaban J connectivity index is 1.52. The van der Waals surface area contributed by atoms with Crippen LogP contribution in [-0.2, 0) is 4.74 Å². The molecule has 1 aromatic carbocycles. The average Bonchev–Trinajstić information content (AvgIpc) is 2.58. The van der Waals surface area contributed by atoms with Crippen molar-refractivity contribution in [1.82, 2.24) is 0 Å². The second kappa shape index (κ2) is 7.16. The Morgan fingerprint density at radius 3 is 2.67 bits per heavy atom. The summed E-state index contributed by atoms with van der Waals surface area (Å²) < 4.78 is 5.03. The van der Waals surface area contributed by atoms with Crippen molar-refractivity contribution in [3.05, 3.63) is 29.8 Å². The molecule has 0 amide bonds. The van der Waals surface area contributed by atoms with Gasteiger partial charge in [0.25, 0.3) is 0 Å². The molecule has 3 rings (SSSR count). The number of fused-ring (bicyclic) bond motifs is 2. The molecule has 3 nitrogen and oxygen atoms in total. The highest BCUT2D eigenvalue weighted by Crippen LogP contribution is 2.51. The van der Waals surface area contributed by atoms with Crippen LogP contribution in [0.25, 0.3) is 0 Å². The normalized spacial score (nSPS) is 28.2. The molecule has 2 fully saturated rings. The van der Waals surface area contributed by atoms with E-state index in [1.165, 1.54) is 32.1 Å². The number of hydrogen-bond acceptors (Lipinski definition) is 3. The quantitative estimate of drug-likeness (QED) is 0.761. The zero-order valence-electron chi connectivity index (χ0n) is 15.3. The molecule has 2 bridgehead atoms. The molecule has 24 heavy (non-hydrogen) atoms. The fourth-order valence-corrected chi connectivity index (χ4v) is 4.61. The van der Waals surface area contributed by atoms with Gasteiger partial charge in [-0.1, -0.05) is 13.8 Å². The molecule has 0 radical (unpaired) electrons. The van der Waals surface area contributed by atoms with Gasteiger partial charge in [0.15, 0.2) is 0 Å². The van der Waals surface area contributed by atoms with Crippen LogP contribution in [0.2, 0.25) is 0 Å². The van der Waals surface area contributed by atoms with Gasteiger partial charge in [-0.3, -0.25) is 0 Å². The van der Waals surface area contributed by atoms with Crippen LogP contribution in [0.15, 0.2) is 24.3 Å². The monoisotopic (exact) mass is 329 g/mol. The summed E-state index contributed by atoms with van der Waals surface area (Å²) in [5.41, 5.74) is 2.27. The fraction of sp³-hybridized carbons (Fsp3) is 0.667. The van der Waals surface area contributed by atoms with Crippen LogP contribution in [-0.4, -0.2) is 19.1 Å². The molecule has 0 aromatic heterocycles. The zero-order chi connectivity index (χ0) is 17.2. The summed E-state index contributed by atoms with van der Waals surface area (Å²) in [5.74, 6) is 2.37. The van der Waals surface area contributed by atoms with Crippen LogP contribution in [0.4, 0.5) is 5.69 Å². The fourth-order valence-electron chi connectivity index (χ4n) is 4.61. The molecule has 132 valence electrons. The molecule has 3 heteroatoms. The lowest BCUT2D eigenvalue weighted by Gasteiger charge is -2.49. The van der Waals surface area contributed by atoms with E-state index in [0.717, 1.165) is 30.0 Å². The summed E-state index contributed by atoms with van der Waals surface area (Å²) in [4.78, 5) is 11.7. The van der Waals surface area contributed by atoms with Gasteiger partial charge in [0.2, 0.25) is 0 Å². The number of carbonyl (C=O) groups excluding carboxylic acids is 1. The van der Waals surface area contributed by atoms with Crippen LogP contribution in [0.1, 0.15) is 63.2 Å². The Labute approximate surface area is 146 Å².